The van der Waals surface area contributed by atoms with Crippen LogP contribution in [0.2, 0.25) is 0 Å². The van der Waals surface area contributed by atoms with E-state index in [1.165, 1.54) is 0 Å². The molecule has 0 spiro atoms. The van der Waals surface area contributed by atoms with Crippen LogP contribution in [-0.4, -0.2) is 46.9 Å². The molecule has 1 saturated heterocycles. The van der Waals surface area contributed by atoms with Crippen LogP contribution in [-0.2, 0) is 14.3 Å². The summed E-state index contributed by atoms with van der Waals surface area (Å²) in [5.41, 5.74) is -0.177. The molecule has 0 aromatic carbocycles. The highest BCUT2D eigenvalue weighted by Crippen LogP contribution is 2.24. The number of carboxylic acid groups (broad SMARTS) is 1. The Hall–Kier alpha value is -1.14. The second kappa shape index (κ2) is 6.34. The maximum absolute atomic E-state index is 12.0. The lowest BCUT2D eigenvalue weighted by Gasteiger charge is -2.31. The Morgan fingerprint density at radius 1 is 1.32 bits per heavy atom. The van der Waals surface area contributed by atoms with Crippen LogP contribution < -0.4 is 5.32 Å². The molecule has 1 rings (SSSR count). The van der Waals surface area contributed by atoms with Crippen LogP contribution in [0.25, 0.3) is 0 Å². The van der Waals surface area contributed by atoms with E-state index in [4.69, 9.17) is 14.9 Å². The molecule has 0 saturated carbocycles. The van der Waals surface area contributed by atoms with Crippen molar-refractivity contribution in [2.24, 2.45) is 5.41 Å². The summed E-state index contributed by atoms with van der Waals surface area (Å²) >= 11 is 0. The van der Waals surface area contributed by atoms with Crippen molar-refractivity contribution >= 4 is 11.9 Å². The maximum atomic E-state index is 12.0. The fourth-order valence-corrected chi connectivity index (χ4v) is 2.13. The molecular weight excluding hydrogens is 250 g/mol. The second-order valence-electron chi connectivity index (χ2n) is 5.97. The van der Waals surface area contributed by atoms with Gasteiger partial charge in [-0.25, -0.2) is 4.79 Å². The van der Waals surface area contributed by atoms with Crippen LogP contribution in [0.15, 0.2) is 0 Å². The van der Waals surface area contributed by atoms with E-state index in [-0.39, 0.29) is 24.0 Å². The zero-order valence-corrected chi connectivity index (χ0v) is 11.7. The van der Waals surface area contributed by atoms with Gasteiger partial charge in [-0.3, -0.25) is 4.79 Å². The Labute approximate surface area is 113 Å². The van der Waals surface area contributed by atoms with Crippen LogP contribution >= 0.6 is 0 Å². The molecule has 110 valence electrons. The average Bonchev–Trinajstić information content (AvgIpc) is 2.76. The second-order valence-corrected chi connectivity index (χ2v) is 5.97. The lowest BCUT2D eigenvalue weighted by Crippen LogP contribution is -2.48. The molecule has 0 radical (unpaired) electrons. The van der Waals surface area contributed by atoms with Gasteiger partial charge in [0.1, 0.15) is 6.10 Å². The third-order valence-electron chi connectivity index (χ3n) is 3.37. The number of aliphatic hydroxyl groups excluding tert-OH is 1. The van der Waals surface area contributed by atoms with E-state index < -0.39 is 18.2 Å². The van der Waals surface area contributed by atoms with Gasteiger partial charge in [-0.05, 0) is 24.7 Å². The van der Waals surface area contributed by atoms with E-state index in [1.54, 1.807) is 0 Å². The van der Waals surface area contributed by atoms with Crippen molar-refractivity contribution in [2.45, 2.75) is 58.3 Å². The van der Waals surface area contributed by atoms with Crippen molar-refractivity contribution in [1.82, 2.24) is 5.32 Å². The van der Waals surface area contributed by atoms with E-state index in [0.29, 0.717) is 19.3 Å². The molecule has 6 nitrogen and oxygen atoms in total. The van der Waals surface area contributed by atoms with Crippen LogP contribution in [0.5, 0.6) is 0 Å². The Bertz CT molecular complexity index is 336. The molecule has 0 bridgehead atoms. The summed E-state index contributed by atoms with van der Waals surface area (Å²) < 4.78 is 5.20. The number of hydrogen-bond acceptors (Lipinski definition) is 4. The molecule has 1 aliphatic rings. The number of hydrogen-bond donors (Lipinski definition) is 3. The highest BCUT2D eigenvalue weighted by molar-refractivity contribution is 5.82. The first-order valence-corrected chi connectivity index (χ1v) is 6.55. The van der Waals surface area contributed by atoms with E-state index in [1.807, 2.05) is 20.8 Å². The number of rotatable bonds is 5. The summed E-state index contributed by atoms with van der Waals surface area (Å²) in [4.78, 5) is 22.8. The van der Waals surface area contributed by atoms with Crippen molar-refractivity contribution in [1.29, 1.82) is 0 Å². The van der Waals surface area contributed by atoms with Crippen LogP contribution in [0.4, 0.5) is 0 Å². The molecule has 1 aliphatic heterocycles. The molecule has 1 unspecified atom stereocenters. The highest BCUT2D eigenvalue weighted by atomic mass is 16.5. The molecule has 0 aromatic heterocycles. The monoisotopic (exact) mass is 273 g/mol. The van der Waals surface area contributed by atoms with Crippen LogP contribution in [0.3, 0.4) is 0 Å². The fraction of sp³-hybridized carbons (Fsp3) is 0.846. The topological polar surface area (TPSA) is 95.9 Å². The molecule has 19 heavy (non-hydrogen) atoms. The summed E-state index contributed by atoms with van der Waals surface area (Å²) in [6, 6.07) is -0.169. The SMILES string of the molecule is CC(C)(C)C(CCO)NC(=O)[C@@H]1CC[C@H](C(=O)O)O1. The van der Waals surface area contributed by atoms with Gasteiger partial charge in [0.2, 0.25) is 5.91 Å². The number of carbonyl (C=O) groups is 2. The minimum absolute atomic E-state index is 0.00844. The zero-order chi connectivity index (χ0) is 14.6. The summed E-state index contributed by atoms with van der Waals surface area (Å²) in [7, 11) is 0. The van der Waals surface area contributed by atoms with Crippen LogP contribution in [0.1, 0.15) is 40.0 Å². The first-order chi connectivity index (χ1) is 8.75. The molecule has 0 aliphatic carbocycles. The first-order valence-electron chi connectivity index (χ1n) is 6.55. The van der Waals surface area contributed by atoms with Gasteiger partial charge in [0.25, 0.3) is 0 Å². The van der Waals surface area contributed by atoms with Gasteiger partial charge in [-0.1, -0.05) is 20.8 Å². The van der Waals surface area contributed by atoms with E-state index in [2.05, 4.69) is 5.32 Å². The Morgan fingerprint density at radius 3 is 2.32 bits per heavy atom. The third-order valence-corrected chi connectivity index (χ3v) is 3.37. The van der Waals surface area contributed by atoms with E-state index >= 15 is 0 Å². The van der Waals surface area contributed by atoms with Gasteiger partial charge in [0.05, 0.1) is 0 Å². The van der Waals surface area contributed by atoms with Crippen molar-refractivity contribution in [3.05, 3.63) is 0 Å². The van der Waals surface area contributed by atoms with E-state index in [0.717, 1.165) is 0 Å². The summed E-state index contributed by atoms with van der Waals surface area (Å²) in [5, 5.41) is 20.7. The predicted octanol–water partition coefficient (Wildman–Crippen LogP) is 0.532. The van der Waals surface area contributed by atoms with Crippen molar-refractivity contribution < 1.29 is 24.5 Å². The summed E-state index contributed by atoms with van der Waals surface area (Å²) in [6.45, 7) is 5.92. The molecule has 0 aromatic rings. The molecule has 3 N–H and O–H groups in total. The highest BCUT2D eigenvalue weighted by Gasteiger charge is 2.36. The van der Waals surface area contributed by atoms with Gasteiger partial charge >= 0.3 is 5.97 Å². The number of ether oxygens (including phenoxy) is 1. The van der Waals surface area contributed by atoms with Crippen LogP contribution in [0, 0.1) is 5.41 Å². The molecule has 1 fully saturated rings. The Kier molecular flexibility index (Phi) is 5.31. The largest absolute Gasteiger partial charge is 0.479 e. The fourth-order valence-electron chi connectivity index (χ4n) is 2.13. The quantitative estimate of drug-likeness (QED) is 0.679. The molecule has 6 heteroatoms. The molecule has 1 amide bonds. The van der Waals surface area contributed by atoms with Gasteiger partial charge in [0.15, 0.2) is 6.10 Å². The maximum Gasteiger partial charge on any atom is 0.332 e. The molecular formula is C13H23NO5. The number of carbonyl (C=O) groups excluding carboxylic acids is 1. The number of nitrogens with one attached hydrogen (secondary N) is 1. The first kappa shape index (κ1) is 15.9. The zero-order valence-electron chi connectivity index (χ0n) is 11.7. The molecule has 3 atom stereocenters. The minimum Gasteiger partial charge on any atom is -0.479 e. The van der Waals surface area contributed by atoms with Crippen molar-refractivity contribution in [2.75, 3.05) is 6.61 Å². The lowest BCUT2D eigenvalue weighted by molar-refractivity contribution is -0.152. The summed E-state index contributed by atoms with van der Waals surface area (Å²) in [5.74, 6) is -1.32. The number of aliphatic carboxylic acids is 1. The van der Waals surface area contributed by atoms with Gasteiger partial charge in [0, 0.05) is 12.6 Å². The predicted molar refractivity (Wildman–Crippen MR) is 68.6 cm³/mol. The van der Waals surface area contributed by atoms with Crippen molar-refractivity contribution in [3.8, 4) is 0 Å². The number of amides is 1. The standard InChI is InChI=1S/C13H23NO5/c1-13(2,3)10(6-7-15)14-11(16)8-4-5-9(19-8)12(17)18/h8-10,15H,4-7H2,1-3H3,(H,14,16)(H,17,18)/t8-,9+,10?/m0/s1. The average molecular weight is 273 g/mol. The lowest BCUT2D eigenvalue weighted by atomic mass is 9.85. The van der Waals surface area contributed by atoms with Gasteiger partial charge in [-0.15, -0.1) is 0 Å². The summed E-state index contributed by atoms with van der Waals surface area (Å²) in [6.07, 6.45) is -0.359. The van der Waals surface area contributed by atoms with E-state index in [9.17, 15) is 9.59 Å². The number of aliphatic hydroxyl groups is 1. The third kappa shape index (κ3) is 4.47. The Morgan fingerprint density at radius 2 is 1.89 bits per heavy atom. The normalized spacial score (nSPS) is 25.1. The number of carboxylic acids is 1. The van der Waals surface area contributed by atoms with Crippen molar-refractivity contribution in [3.63, 3.8) is 0 Å². The Balaban J connectivity index is 2.56. The molecule has 1 heterocycles. The minimum atomic E-state index is -1.03. The van der Waals surface area contributed by atoms with Gasteiger partial charge in [-0.2, -0.15) is 0 Å². The van der Waals surface area contributed by atoms with Gasteiger partial charge < -0.3 is 20.3 Å². The smallest absolute Gasteiger partial charge is 0.332 e.